The second-order valence-corrected chi connectivity index (χ2v) is 6.02. The van der Waals surface area contributed by atoms with E-state index in [0.717, 1.165) is 23.5 Å². The highest BCUT2D eigenvalue weighted by atomic mass is 16.2. The molecule has 0 amide bonds. The Labute approximate surface area is 133 Å². The zero-order valence-corrected chi connectivity index (χ0v) is 14.2. The number of hydrogen-bond acceptors (Lipinski definition) is 3. The minimum atomic E-state index is -0.372. The van der Waals surface area contributed by atoms with Crippen molar-refractivity contribution in [2.45, 2.75) is 40.8 Å². The average Bonchev–Trinajstić information content (AvgIpc) is 2.98. The molecule has 0 unspecified atom stereocenters. The lowest BCUT2D eigenvalue weighted by Crippen LogP contribution is -2.39. The number of imidazole rings is 2. The van der Waals surface area contributed by atoms with Crippen molar-refractivity contribution in [3.05, 3.63) is 44.4 Å². The van der Waals surface area contributed by atoms with E-state index in [4.69, 9.17) is 0 Å². The van der Waals surface area contributed by atoms with Gasteiger partial charge in [-0.05, 0) is 27.7 Å². The van der Waals surface area contributed by atoms with Crippen LogP contribution in [0.1, 0.15) is 25.2 Å². The van der Waals surface area contributed by atoms with Gasteiger partial charge in [0.25, 0.3) is 5.56 Å². The molecule has 7 nitrogen and oxygen atoms in total. The second-order valence-electron chi connectivity index (χ2n) is 6.02. The van der Waals surface area contributed by atoms with Crippen LogP contribution in [0.5, 0.6) is 0 Å². The smallest absolute Gasteiger partial charge is 0.314 e. The topological polar surface area (TPSA) is 66.2 Å². The molecule has 0 saturated heterocycles. The Hall–Kier alpha value is -2.57. The summed E-state index contributed by atoms with van der Waals surface area (Å²) in [5.41, 5.74) is 2.94. The Morgan fingerprint density at radius 3 is 2.39 bits per heavy atom. The molecule has 0 spiro atoms. The second kappa shape index (κ2) is 4.97. The summed E-state index contributed by atoms with van der Waals surface area (Å²) in [6.07, 6.45) is 0. The van der Waals surface area contributed by atoms with E-state index in [9.17, 15) is 9.59 Å². The quantitative estimate of drug-likeness (QED) is 0.686. The number of fused-ring (bicyclic) bond motifs is 3. The third-order valence-electron chi connectivity index (χ3n) is 4.37. The van der Waals surface area contributed by atoms with Gasteiger partial charge in [0.05, 0.1) is 6.54 Å². The van der Waals surface area contributed by atoms with Gasteiger partial charge in [0.1, 0.15) is 0 Å². The molecule has 3 aromatic rings. The number of hydrogen-bond donors (Lipinski definition) is 0. The predicted octanol–water partition coefficient (Wildman–Crippen LogP) is 1.36. The molecule has 3 heterocycles. The molecule has 3 aromatic heterocycles. The number of allylic oxidation sites excluding steroid dienone is 1. The molecule has 0 radical (unpaired) electrons. The van der Waals surface area contributed by atoms with Crippen LogP contribution < -0.4 is 11.2 Å². The molecule has 0 atom stereocenters. The van der Waals surface area contributed by atoms with Gasteiger partial charge in [0.15, 0.2) is 11.2 Å². The van der Waals surface area contributed by atoms with Crippen LogP contribution in [-0.2, 0) is 20.1 Å². The summed E-state index contributed by atoms with van der Waals surface area (Å²) in [6, 6.07) is 0. The van der Waals surface area contributed by atoms with Crippen molar-refractivity contribution >= 4 is 16.9 Å². The van der Waals surface area contributed by atoms with Crippen molar-refractivity contribution < 1.29 is 0 Å². The molecule has 0 N–H and O–H groups in total. The van der Waals surface area contributed by atoms with Gasteiger partial charge in [0, 0.05) is 25.0 Å². The van der Waals surface area contributed by atoms with E-state index in [1.807, 2.05) is 29.7 Å². The highest BCUT2D eigenvalue weighted by molar-refractivity contribution is 5.76. The fraction of sp³-hybridized carbons (Fsp3) is 0.438. The Balaban J connectivity index is 2.59. The van der Waals surface area contributed by atoms with Crippen molar-refractivity contribution in [3.63, 3.8) is 0 Å². The van der Waals surface area contributed by atoms with Crippen molar-refractivity contribution in [1.82, 2.24) is 23.1 Å². The van der Waals surface area contributed by atoms with Crippen LogP contribution in [0.3, 0.4) is 0 Å². The molecule has 0 fully saturated rings. The van der Waals surface area contributed by atoms with Crippen LogP contribution in [0.25, 0.3) is 16.9 Å². The maximum Gasteiger partial charge on any atom is 0.332 e. The first kappa shape index (κ1) is 15.3. The molecule has 0 aromatic carbocycles. The largest absolute Gasteiger partial charge is 0.332 e. The van der Waals surface area contributed by atoms with E-state index < -0.39 is 0 Å². The van der Waals surface area contributed by atoms with Crippen molar-refractivity contribution in [1.29, 1.82) is 0 Å². The molecule has 0 saturated carbocycles. The van der Waals surface area contributed by atoms with E-state index in [2.05, 4.69) is 11.6 Å². The van der Waals surface area contributed by atoms with Gasteiger partial charge >= 0.3 is 5.69 Å². The van der Waals surface area contributed by atoms with E-state index in [1.165, 1.54) is 9.13 Å². The summed E-state index contributed by atoms with van der Waals surface area (Å²) in [6.45, 7) is 12.6. The number of rotatable bonds is 3. The summed E-state index contributed by atoms with van der Waals surface area (Å²) in [4.78, 5) is 29.9. The Kier molecular flexibility index (Phi) is 3.31. The van der Waals surface area contributed by atoms with Gasteiger partial charge in [-0.3, -0.25) is 18.3 Å². The van der Waals surface area contributed by atoms with Gasteiger partial charge < -0.3 is 4.57 Å². The lowest BCUT2D eigenvalue weighted by Gasteiger charge is -2.08. The molecule has 3 rings (SSSR count). The fourth-order valence-electron chi connectivity index (χ4n) is 3.10. The minimum Gasteiger partial charge on any atom is -0.314 e. The SMILES string of the molecule is C=C(C)Cn1c(=O)c2c(nc3n(CC)c(C)c(C)n23)n(C)c1=O. The molecule has 0 aliphatic carbocycles. The molecule has 7 heteroatoms. The van der Waals surface area contributed by atoms with Gasteiger partial charge in [0.2, 0.25) is 5.78 Å². The monoisotopic (exact) mass is 315 g/mol. The summed E-state index contributed by atoms with van der Waals surface area (Å²) in [5.74, 6) is 0.692. The van der Waals surface area contributed by atoms with Gasteiger partial charge in [-0.25, -0.2) is 4.79 Å². The number of aryl methyl sites for hydroxylation is 3. The third kappa shape index (κ3) is 1.92. The van der Waals surface area contributed by atoms with Gasteiger partial charge in [-0.15, -0.1) is 0 Å². The molecular weight excluding hydrogens is 294 g/mol. The minimum absolute atomic E-state index is 0.210. The van der Waals surface area contributed by atoms with Crippen LogP contribution in [-0.4, -0.2) is 23.1 Å². The van der Waals surface area contributed by atoms with Crippen LogP contribution in [0.2, 0.25) is 0 Å². The normalized spacial score (nSPS) is 11.7. The van der Waals surface area contributed by atoms with Crippen molar-refractivity contribution in [2.75, 3.05) is 0 Å². The molecule has 23 heavy (non-hydrogen) atoms. The zero-order chi connectivity index (χ0) is 17.0. The molecule has 0 bridgehead atoms. The zero-order valence-electron chi connectivity index (χ0n) is 14.2. The van der Waals surface area contributed by atoms with E-state index >= 15 is 0 Å². The summed E-state index contributed by atoms with van der Waals surface area (Å²) in [5, 5.41) is 0. The fourth-order valence-corrected chi connectivity index (χ4v) is 3.10. The highest BCUT2D eigenvalue weighted by Crippen LogP contribution is 2.20. The van der Waals surface area contributed by atoms with Gasteiger partial charge in [-0.1, -0.05) is 12.2 Å². The molecule has 0 aliphatic rings. The third-order valence-corrected chi connectivity index (χ3v) is 4.37. The van der Waals surface area contributed by atoms with Crippen LogP contribution in [0.15, 0.2) is 21.7 Å². The lowest BCUT2D eigenvalue weighted by molar-refractivity contribution is 0.650. The Bertz CT molecular complexity index is 1070. The summed E-state index contributed by atoms with van der Waals surface area (Å²) in [7, 11) is 1.64. The van der Waals surface area contributed by atoms with Crippen LogP contribution >= 0.6 is 0 Å². The molecular formula is C16H21N5O2. The number of nitrogens with zero attached hydrogens (tertiary/aromatic N) is 5. The molecule has 122 valence electrons. The first-order valence-corrected chi connectivity index (χ1v) is 7.61. The highest BCUT2D eigenvalue weighted by Gasteiger charge is 2.21. The van der Waals surface area contributed by atoms with Gasteiger partial charge in [-0.2, -0.15) is 4.98 Å². The summed E-state index contributed by atoms with van der Waals surface area (Å²) < 4.78 is 6.55. The maximum absolute atomic E-state index is 12.9. The van der Waals surface area contributed by atoms with Crippen molar-refractivity contribution in [2.24, 2.45) is 7.05 Å². The van der Waals surface area contributed by atoms with Crippen molar-refractivity contribution in [3.8, 4) is 0 Å². The van der Waals surface area contributed by atoms with E-state index in [0.29, 0.717) is 16.9 Å². The van der Waals surface area contributed by atoms with Crippen LogP contribution in [0.4, 0.5) is 0 Å². The van der Waals surface area contributed by atoms with E-state index in [-0.39, 0.29) is 17.8 Å². The van der Waals surface area contributed by atoms with Crippen LogP contribution in [0, 0.1) is 13.8 Å². The standard InChI is InChI=1S/C16H21N5O2/c1-7-19-10(4)11(5)21-12-13(17-15(19)21)18(6)16(23)20(14(12)22)8-9(2)3/h2,7-8H2,1,3-6H3. The molecule has 0 aliphatic heterocycles. The predicted molar refractivity (Wildman–Crippen MR) is 90.2 cm³/mol. The maximum atomic E-state index is 12.9. The van der Waals surface area contributed by atoms with E-state index in [1.54, 1.807) is 14.0 Å². The first-order chi connectivity index (χ1) is 10.8. The lowest BCUT2D eigenvalue weighted by atomic mass is 10.3. The number of aromatic nitrogens is 5. The summed E-state index contributed by atoms with van der Waals surface area (Å²) >= 11 is 0. The first-order valence-electron chi connectivity index (χ1n) is 7.61. The Morgan fingerprint density at radius 2 is 1.83 bits per heavy atom. The Morgan fingerprint density at radius 1 is 1.17 bits per heavy atom. The average molecular weight is 315 g/mol.